The molecule has 1 fully saturated rings. The second kappa shape index (κ2) is 6.90. The lowest BCUT2D eigenvalue weighted by molar-refractivity contribution is 0.164. The maximum atomic E-state index is 4.33. The Balaban J connectivity index is 1.90. The summed E-state index contributed by atoms with van der Waals surface area (Å²) < 4.78 is 0. The highest BCUT2D eigenvalue weighted by Crippen LogP contribution is 2.27. The van der Waals surface area contributed by atoms with Gasteiger partial charge >= 0.3 is 0 Å². The van der Waals surface area contributed by atoms with Crippen molar-refractivity contribution in [2.24, 2.45) is 5.92 Å². The lowest BCUT2D eigenvalue weighted by Gasteiger charge is -2.33. The zero-order valence-corrected chi connectivity index (χ0v) is 12.5. The Labute approximate surface area is 117 Å². The van der Waals surface area contributed by atoms with Crippen molar-refractivity contribution in [1.29, 1.82) is 0 Å². The number of pyridine rings is 1. The van der Waals surface area contributed by atoms with Gasteiger partial charge in [0.1, 0.15) is 5.82 Å². The molecule has 1 N–H and O–H groups in total. The van der Waals surface area contributed by atoms with Gasteiger partial charge in [-0.2, -0.15) is 0 Å². The van der Waals surface area contributed by atoms with Crippen molar-refractivity contribution in [3.8, 4) is 0 Å². The zero-order chi connectivity index (χ0) is 13.7. The molecule has 0 bridgehead atoms. The molecule has 1 aliphatic carbocycles. The van der Waals surface area contributed by atoms with E-state index in [1.165, 1.54) is 31.2 Å². The highest BCUT2D eigenvalue weighted by molar-refractivity contribution is 5.37. The summed E-state index contributed by atoms with van der Waals surface area (Å²) >= 11 is 0. The van der Waals surface area contributed by atoms with Gasteiger partial charge in [0.25, 0.3) is 0 Å². The Morgan fingerprint density at radius 2 is 2.05 bits per heavy atom. The normalized spacial score (nSPS) is 23.6. The van der Waals surface area contributed by atoms with Crippen molar-refractivity contribution in [3.63, 3.8) is 0 Å². The van der Waals surface area contributed by atoms with Gasteiger partial charge in [-0.05, 0) is 63.3 Å². The molecule has 0 atom stereocenters. The molecule has 1 heterocycles. The maximum Gasteiger partial charge on any atom is 0.126 e. The Bertz CT molecular complexity index is 383. The second-order valence-electron chi connectivity index (χ2n) is 5.91. The summed E-state index contributed by atoms with van der Waals surface area (Å²) in [6.45, 7) is 6.43. The summed E-state index contributed by atoms with van der Waals surface area (Å²) in [4.78, 5) is 6.84. The first-order valence-electron chi connectivity index (χ1n) is 7.58. The second-order valence-corrected chi connectivity index (χ2v) is 5.91. The van der Waals surface area contributed by atoms with Crippen LogP contribution in [0, 0.1) is 5.92 Å². The van der Waals surface area contributed by atoms with Crippen LogP contribution in [0.2, 0.25) is 0 Å². The van der Waals surface area contributed by atoms with E-state index in [9.17, 15) is 0 Å². The van der Waals surface area contributed by atoms with Crippen molar-refractivity contribution < 1.29 is 0 Å². The molecule has 3 heteroatoms. The molecule has 0 spiro atoms. The highest BCUT2D eigenvalue weighted by Gasteiger charge is 2.21. The van der Waals surface area contributed by atoms with Crippen molar-refractivity contribution in [1.82, 2.24) is 9.88 Å². The topological polar surface area (TPSA) is 28.2 Å². The maximum absolute atomic E-state index is 4.33. The number of anilines is 1. The fourth-order valence-corrected chi connectivity index (χ4v) is 2.95. The smallest absolute Gasteiger partial charge is 0.126 e. The van der Waals surface area contributed by atoms with Gasteiger partial charge < -0.3 is 5.32 Å². The van der Waals surface area contributed by atoms with Crippen LogP contribution in [-0.2, 0) is 6.54 Å². The minimum Gasteiger partial charge on any atom is -0.370 e. The van der Waals surface area contributed by atoms with E-state index in [2.05, 4.69) is 48.2 Å². The van der Waals surface area contributed by atoms with Crippen LogP contribution < -0.4 is 5.32 Å². The number of nitrogens with zero attached hydrogens (tertiary/aromatic N) is 2. The third kappa shape index (κ3) is 4.20. The summed E-state index contributed by atoms with van der Waals surface area (Å²) in [5, 5.41) is 3.28. The quantitative estimate of drug-likeness (QED) is 0.879. The van der Waals surface area contributed by atoms with E-state index in [0.29, 0.717) is 0 Å². The molecule has 1 aromatic heterocycles. The van der Waals surface area contributed by atoms with Gasteiger partial charge in [0, 0.05) is 25.3 Å². The zero-order valence-electron chi connectivity index (χ0n) is 12.5. The predicted octanol–water partition coefficient (Wildman–Crippen LogP) is 3.52. The van der Waals surface area contributed by atoms with Crippen molar-refractivity contribution >= 4 is 5.82 Å². The third-order valence-corrected chi connectivity index (χ3v) is 4.22. The summed E-state index contributed by atoms with van der Waals surface area (Å²) in [6, 6.07) is 5.06. The average molecular weight is 261 g/mol. The van der Waals surface area contributed by atoms with Crippen LogP contribution in [0.5, 0.6) is 0 Å². The first kappa shape index (κ1) is 14.3. The van der Waals surface area contributed by atoms with E-state index < -0.39 is 0 Å². The molecule has 0 unspecified atom stereocenters. The Hall–Kier alpha value is -1.09. The molecule has 1 saturated carbocycles. The molecule has 3 nitrogen and oxygen atoms in total. The lowest BCUT2D eigenvalue weighted by Crippen LogP contribution is -2.34. The summed E-state index contributed by atoms with van der Waals surface area (Å²) in [7, 11) is 2.26. The first-order valence-corrected chi connectivity index (χ1v) is 7.58. The van der Waals surface area contributed by atoms with Crippen LogP contribution in [0.25, 0.3) is 0 Å². The fourth-order valence-electron chi connectivity index (χ4n) is 2.95. The van der Waals surface area contributed by atoms with E-state index in [1.54, 1.807) is 0 Å². The van der Waals surface area contributed by atoms with Crippen LogP contribution in [0.4, 0.5) is 5.82 Å². The molecule has 0 aromatic carbocycles. The average Bonchev–Trinajstić information content (AvgIpc) is 2.40. The van der Waals surface area contributed by atoms with Gasteiger partial charge in [-0.15, -0.1) is 0 Å². The van der Waals surface area contributed by atoms with Crippen LogP contribution in [0.3, 0.4) is 0 Å². The molecule has 0 radical (unpaired) electrons. The van der Waals surface area contributed by atoms with E-state index in [0.717, 1.165) is 30.9 Å². The highest BCUT2D eigenvalue weighted by atomic mass is 15.1. The SMILES string of the molecule is CCNc1cc(CN(C)C2CCC(C)CC2)ccn1. The van der Waals surface area contributed by atoms with Crippen LogP contribution in [-0.4, -0.2) is 29.5 Å². The Morgan fingerprint density at radius 3 is 2.74 bits per heavy atom. The molecule has 0 saturated heterocycles. The van der Waals surface area contributed by atoms with Gasteiger partial charge in [-0.1, -0.05) is 6.92 Å². The summed E-state index contributed by atoms with van der Waals surface area (Å²) in [5.41, 5.74) is 1.35. The van der Waals surface area contributed by atoms with Gasteiger partial charge in [0.2, 0.25) is 0 Å². The van der Waals surface area contributed by atoms with Crippen molar-refractivity contribution in [3.05, 3.63) is 23.9 Å². The van der Waals surface area contributed by atoms with Gasteiger partial charge in [-0.3, -0.25) is 4.90 Å². The Kier molecular flexibility index (Phi) is 5.20. The number of hydrogen-bond donors (Lipinski definition) is 1. The first-order chi connectivity index (χ1) is 9.19. The molecule has 2 rings (SSSR count). The minimum absolute atomic E-state index is 0.756. The molecule has 0 aliphatic heterocycles. The Morgan fingerprint density at radius 1 is 1.32 bits per heavy atom. The van der Waals surface area contributed by atoms with Crippen LogP contribution in [0.1, 0.15) is 45.1 Å². The number of hydrogen-bond acceptors (Lipinski definition) is 3. The van der Waals surface area contributed by atoms with E-state index in [1.807, 2.05) is 6.20 Å². The fraction of sp³-hybridized carbons (Fsp3) is 0.688. The largest absolute Gasteiger partial charge is 0.370 e. The summed E-state index contributed by atoms with van der Waals surface area (Å²) in [5.74, 6) is 1.91. The molecule has 1 aliphatic rings. The molecular formula is C16H27N3. The number of rotatable bonds is 5. The van der Waals surface area contributed by atoms with Crippen molar-refractivity contribution in [2.75, 3.05) is 18.9 Å². The third-order valence-electron chi connectivity index (χ3n) is 4.22. The van der Waals surface area contributed by atoms with E-state index in [4.69, 9.17) is 0 Å². The predicted molar refractivity (Wildman–Crippen MR) is 81.3 cm³/mol. The van der Waals surface area contributed by atoms with Crippen LogP contribution in [0.15, 0.2) is 18.3 Å². The standard InChI is InChI=1S/C16H27N3/c1-4-17-16-11-14(9-10-18-16)12-19(3)15-7-5-13(2)6-8-15/h9-11,13,15H,4-8,12H2,1-3H3,(H,17,18). The van der Waals surface area contributed by atoms with E-state index >= 15 is 0 Å². The molecule has 19 heavy (non-hydrogen) atoms. The monoisotopic (exact) mass is 261 g/mol. The van der Waals surface area contributed by atoms with Gasteiger partial charge in [0.05, 0.1) is 0 Å². The molecule has 0 amide bonds. The molecule has 1 aromatic rings. The number of aromatic nitrogens is 1. The number of nitrogens with one attached hydrogen (secondary N) is 1. The van der Waals surface area contributed by atoms with Gasteiger partial charge in [-0.25, -0.2) is 4.98 Å². The van der Waals surface area contributed by atoms with Gasteiger partial charge in [0.15, 0.2) is 0 Å². The van der Waals surface area contributed by atoms with Crippen molar-refractivity contribution in [2.45, 2.75) is 52.1 Å². The van der Waals surface area contributed by atoms with Crippen LogP contribution >= 0.6 is 0 Å². The lowest BCUT2D eigenvalue weighted by atomic mass is 9.86. The minimum atomic E-state index is 0.756. The van der Waals surface area contributed by atoms with E-state index in [-0.39, 0.29) is 0 Å². The summed E-state index contributed by atoms with van der Waals surface area (Å²) in [6.07, 6.45) is 7.37. The molecular weight excluding hydrogens is 234 g/mol. The molecule has 106 valence electrons.